The standard InChI is InChI=1S/C16H24F2N2O/c1-11(2)19-5-7-20(8-6-19)16-14(17)9-13(10-15(16)18)12(3)21-4/h9-12H,5-8H2,1-4H3. The van der Waals surface area contributed by atoms with Gasteiger partial charge in [-0.25, -0.2) is 8.78 Å². The summed E-state index contributed by atoms with van der Waals surface area (Å²) in [6.07, 6.45) is -0.319. The van der Waals surface area contributed by atoms with E-state index in [1.165, 1.54) is 19.2 Å². The van der Waals surface area contributed by atoms with Crippen molar-refractivity contribution in [2.45, 2.75) is 32.9 Å². The molecule has 0 radical (unpaired) electrons. The molecule has 1 fully saturated rings. The molecule has 0 bridgehead atoms. The Labute approximate surface area is 125 Å². The molecule has 1 atom stereocenters. The van der Waals surface area contributed by atoms with E-state index in [-0.39, 0.29) is 11.8 Å². The molecule has 5 heteroatoms. The second-order valence-electron chi connectivity index (χ2n) is 5.83. The van der Waals surface area contributed by atoms with Gasteiger partial charge in [0.2, 0.25) is 0 Å². The minimum atomic E-state index is -0.508. The fourth-order valence-corrected chi connectivity index (χ4v) is 2.72. The first-order valence-corrected chi connectivity index (χ1v) is 7.44. The fourth-order valence-electron chi connectivity index (χ4n) is 2.72. The maximum atomic E-state index is 14.3. The molecule has 0 N–H and O–H groups in total. The first-order valence-electron chi connectivity index (χ1n) is 7.44. The van der Waals surface area contributed by atoms with Crippen LogP contribution in [0.5, 0.6) is 0 Å². The third-order valence-electron chi connectivity index (χ3n) is 4.22. The highest BCUT2D eigenvalue weighted by Gasteiger charge is 2.24. The Morgan fingerprint density at radius 2 is 1.52 bits per heavy atom. The van der Waals surface area contributed by atoms with Crippen molar-refractivity contribution in [2.24, 2.45) is 0 Å². The van der Waals surface area contributed by atoms with E-state index in [1.54, 1.807) is 11.8 Å². The van der Waals surface area contributed by atoms with Gasteiger partial charge in [-0.05, 0) is 38.5 Å². The van der Waals surface area contributed by atoms with Crippen molar-refractivity contribution in [1.29, 1.82) is 0 Å². The van der Waals surface area contributed by atoms with E-state index in [9.17, 15) is 8.78 Å². The van der Waals surface area contributed by atoms with Crippen LogP contribution in [0, 0.1) is 11.6 Å². The number of methoxy groups -OCH3 is 1. The second-order valence-corrected chi connectivity index (χ2v) is 5.83. The van der Waals surface area contributed by atoms with Crippen molar-refractivity contribution in [3.63, 3.8) is 0 Å². The average Bonchev–Trinajstić information content (AvgIpc) is 2.46. The largest absolute Gasteiger partial charge is 0.377 e. The summed E-state index contributed by atoms with van der Waals surface area (Å²) >= 11 is 0. The molecule has 1 saturated heterocycles. The highest BCUT2D eigenvalue weighted by Crippen LogP contribution is 2.29. The third-order valence-corrected chi connectivity index (χ3v) is 4.22. The van der Waals surface area contributed by atoms with Gasteiger partial charge >= 0.3 is 0 Å². The number of nitrogens with zero attached hydrogens (tertiary/aromatic N) is 2. The summed E-state index contributed by atoms with van der Waals surface area (Å²) < 4.78 is 33.7. The number of ether oxygens (including phenoxy) is 1. The SMILES string of the molecule is COC(C)c1cc(F)c(N2CCN(C(C)C)CC2)c(F)c1. The molecule has 0 saturated carbocycles. The molecule has 1 aliphatic heterocycles. The molecule has 1 heterocycles. The second kappa shape index (κ2) is 6.71. The molecule has 0 aromatic heterocycles. The number of halogens is 2. The van der Waals surface area contributed by atoms with Gasteiger partial charge in [-0.3, -0.25) is 4.90 Å². The lowest BCUT2D eigenvalue weighted by atomic mass is 10.1. The summed E-state index contributed by atoms with van der Waals surface area (Å²) in [5.74, 6) is -1.02. The Morgan fingerprint density at radius 1 is 1.00 bits per heavy atom. The predicted molar refractivity (Wildman–Crippen MR) is 80.7 cm³/mol. The topological polar surface area (TPSA) is 15.7 Å². The van der Waals surface area contributed by atoms with Crippen LogP contribution in [0.15, 0.2) is 12.1 Å². The molecule has 0 amide bonds. The van der Waals surface area contributed by atoms with Gasteiger partial charge in [-0.15, -0.1) is 0 Å². The monoisotopic (exact) mass is 298 g/mol. The van der Waals surface area contributed by atoms with Gasteiger partial charge in [0.25, 0.3) is 0 Å². The number of piperazine rings is 1. The van der Waals surface area contributed by atoms with Crippen molar-refractivity contribution in [2.75, 3.05) is 38.2 Å². The summed E-state index contributed by atoms with van der Waals surface area (Å²) in [7, 11) is 1.53. The Kier molecular flexibility index (Phi) is 5.17. The van der Waals surface area contributed by atoms with Crippen molar-refractivity contribution in [3.05, 3.63) is 29.3 Å². The molecule has 2 rings (SSSR count). The van der Waals surface area contributed by atoms with Crippen LogP contribution in [0.4, 0.5) is 14.5 Å². The van der Waals surface area contributed by atoms with Gasteiger partial charge in [-0.2, -0.15) is 0 Å². The van der Waals surface area contributed by atoms with Crippen LogP contribution in [0.3, 0.4) is 0 Å². The summed E-state index contributed by atoms with van der Waals surface area (Å²) in [5.41, 5.74) is 0.613. The van der Waals surface area contributed by atoms with Gasteiger partial charge in [0.1, 0.15) is 17.3 Å². The van der Waals surface area contributed by atoms with E-state index in [2.05, 4.69) is 18.7 Å². The smallest absolute Gasteiger partial charge is 0.149 e. The quantitative estimate of drug-likeness (QED) is 0.849. The van der Waals surface area contributed by atoms with Gasteiger partial charge in [0.15, 0.2) is 0 Å². The molecule has 3 nitrogen and oxygen atoms in total. The van der Waals surface area contributed by atoms with Crippen molar-refractivity contribution in [1.82, 2.24) is 4.90 Å². The zero-order chi connectivity index (χ0) is 15.6. The number of benzene rings is 1. The van der Waals surface area contributed by atoms with Gasteiger partial charge < -0.3 is 9.64 Å². The third kappa shape index (κ3) is 3.52. The first-order chi connectivity index (χ1) is 9.93. The van der Waals surface area contributed by atoms with Crippen molar-refractivity contribution < 1.29 is 13.5 Å². The molecule has 0 spiro atoms. The van der Waals surface area contributed by atoms with E-state index in [0.717, 1.165) is 13.1 Å². The maximum absolute atomic E-state index is 14.3. The van der Waals surface area contributed by atoms with Crippen LogP contribution in [0.25, 0.3) is 0 Å². The lowest BCUT2D eigenvalue weighted by Crippen LogP contribution is -2.49. The van der Waals surface area contributed by atoms with E-state index in [0.29, 0.717) is 24.7 Å². The predicted octanol–water partition coefficient (Wildman–Crippen LogP) is 3.20. The van der Waals surface area contributed by atoms with Crippen LogP contribution < -0.4 is 4.90 Å². The number of rotatable bonds is 4. The minimum Gasteiger partial charge on any atom is -0.377 e. The molecule has 21 heavy (non-hydrogen) atoms. The minimum absolute atomic E-state index is 0.0884. The summed E-state index contributed by atoms with van der Waals surface area (Å²) in [5, 5.41) is 0. The van der Waals surface area contributed by atoms with E-state index >= 15 is 0 Å². The fraction of sp³-hybridized carbons (Fsp3) is 0.625. The summed E-state index contributed by atoms with van der Waals surface area (Å²) in [6, 6.07) is 3.22. The molecule has 1 aromatic rings. The zero-order valence-corrected chi connectivity index (χ0v) is 13.2. The van der Waals surface area contributed by atoms with E-state index in [1.807, 2.05) is 0 Å². The van der Waals surface area contributed by atoms with Crippen LogP contribution in [0.1, 0.15) is 32.4 Å². The molecule has 0 aliphatic carbocycles. The van der Waals surface area contributed by atoms with Gasteiger partial charge in [0.05, 0.1) is 6.10 Å². The summed E-state index contributed by atoms with van der Waals surface area (Å²) in [4.78, 5) is 4.11. The van der Waals surface area contributed by atoms with Crippen molar-refractivity contribution >= 4 is 5.69 Å². The zero-order valence-electron chi connectivity index (χ0n) is 13.2. The number of anilines is 1. The molecule has 1 aliphatic rings. The van der Waals surface area contributed by atoms with Gasteiger partial charge in [-0.1, -0.05) is 0 Å². The van der Waals surface area contributed by atoms with E-state index < -0.39 is 11.6 Å². The van der Waals surface area contributed by atoms with Crippen LogP contribution in [0.2, 0.25) is 0 Å². The Bertz CT molecular complexity index is 462. The Morgan fingerprint density at radius 3 is 1.95 bits per heavy atom. The number of hydrogen-bond donors (Lipinski definition) is 0. The normalized spacial score (nSPS) is 18.3. The summed E-state index contributed by atoms with van der Waals surface area (Å²) in [6.45, 7) is 8.99. The molecule has 1 aromatic carbocycles. The average molecular weight is 298 g/mol. The molecule has 1 unspecified atom stereocenters. The van der Waals surface area contributed by atoms with Crippen LogP contribution in [-0.2, 0) is 4.74 Å². The molecular formula is C16H24F2N2O. The molecular weight excluding hydrogens is 274 g/mol. The van der Waals surface area contributed by atoms with Crippen LogP contribution >= 0.6 is 0 Å². The Hall–Kier alpha value is -1.20. The highest BCUT2D eigenvalue weighted by molar-refractivity contribution is 5.51. The lowest BCUT2D eigenvalue weighted by molar-refractivity contribution is 0.119. The van der Waals surface area contributed by atoms with Crippen molar-refractivity contribution in [3.8, 4) is 0 Å². The van der Waals surface area contributed by atoms with E-state index in [4.69, 9.17) is 4.74 Å². The molecule has 118 valence electrons. The highest BCUT2D eigenvalue weighted by atomic mass is 19.1. The van der Waals surface area contributed by atoms with Gasteiger partial charge in [0, 0.05) is 39.3 Å². The Balaban J connectivity index is 2.18. The lowest BCUT2D eigenvalue weighted by Gasteiger charge is -2.38. The van der Waals surface area contributed by atoms with Crippen LogP contribution in [-0.4, -0.2) is 44.2 Å². The maximum Gasteiger partial charge on any atom is 0.149 e. The number of hydrogen-bond acceptors (Lipinski definition) is 3. The first kappa shape index (κ1) is 16.2.